The molecular formula is C20H19N5O2. The van der Waals surface area contributed by atoms with Crippen molar-refractivity contribution in [3.05, 3.63) is 48.4 Å². The van der Waals surface area contributed by atoms with Gasteiger partial charge in [0.25, 0.3) is 5.91 Å². The SMILES string of the molecule is Cn1cc(-c2cc3nccnc3[nH]2)c2cc(C(=O)N3CCOCC3)ccc21. The van der Waals surface area contributed by atoms with E-state index in [0.717, 1.165) is 33.3 Å². The van der Waals surface area contributed by atoms with Gasteiger partial charge in [0.05, 0.1) is 18.9 Å². The lowest BCUT2D eigenvalue weighted by atomic mass is 10.1. The minimum absolute atomic E-state index is 0.0509. The molecule has 1 N–H and O–H groups in total. The maximum atomic E-state index is 12.9. The molecule has 7 nitrogen and oxygen atoms in total. The third-order valence-corrected chi connectivity index (χ3v) is 5.09. The largest absolute Gasteiger partial charge is 0.378 e. The number of carbonyl (C=O) groups excluding carboxylic acids is 1. The number of aryl methyl sites for hydroxylation is 1. The molecule has 0 unspecified atom stereocenters. The number of H-pyrrole nitrogens is 1. The molecule has 27 heavy (non-hydrogen) atoms. The summed E-state index contributed by atoms with van der Waals surface area (Å²) in [5.41, 5.74) is 5.32. The van der Waals surface area contributed by atoms with Gasteiger partial charge in [0.15, 0.2) is 5.65 Å². The summed E-state index contributed by atoms with van der Waals surface area (Å²) < 4.78 is 7.42. The van der Waals surface area contributed by atoms with Crippen molar-refractivity contribution in [1.82, 2.24) is 24.4 Å². The van der Waals surface area contributed by atoms with Gasteiger partial charge in [-0.15, -0.1) is 0 Å². The summed E-state index contributed by atoms with van der Waals surface area (Å²) in [6.45, 7) is 2.47. The van der Waals surface area contributed by atoms with Gasteiger partial charge in [-0.05, 0) is 24.3 Å². The van der Waals surface area contributed by atoms with Gasteiger partial charge in [0, 0.05) is 60.8 Å². The highest BCUT2D eigenvalue weighted by Gasteiger charge is 2.20. The number of nitrogens with zero attached hydrogens (tertiary/aromatic N) is 4. The summed E-state index contributed by atoms with van der Waals surface area (Å²) in [5.74, 6) is 0.0509. The predicted molar refractivity (Wildman–Crippen MR) is 103 cm³/mol. The van der Waals surface area contributed by atoms with Crippen molar-refractivity contribution in [2.24, 2.45) is 7.05 Å². The number of carbonyl (C=O) groups is 1. The Morgan fingerprint density at radius 1 is 1.15 bits per heavy atom. The van der Waals surface area contributed by atoms with Gasteiger partial charge in [0.1, 0.15) is 5.52 Å². The molecule has 1 aromatic carbocycles. The number of rotatable bonds is 2. The second kappa shape index (κ2) is 6.21. The highest BCUT2D eigenvalue weighted by atomic mass is 16.5. The van der Waals surface area contributed by atoms with Crippen molar-refractivity contribution in [3.63, 3.8) is 0 Å². The molecular weight excluding hydrogens is 342 g/mol. The van der Waals surface area contributed by atoms with E-state index in [2.05, 4.69) is 25.7 Å². The van der Waals surface area contributed by atoms with Crippen LogP contribution in [0.4, 0.5) is 0 Å². The van der Waals surface area contributed by atoms with Crippen LogP contribution in [0.1, 0.15) is 10.4 Å². The average molecular weight is 361 g/mol. The van der Waals surface area contributed by atoms with E-state index in [1.54, 1.807) is 12.4 Å². The fourth-order valence-corrected chi connectivity index (χ4v) is 3.68. The van der Waals surface area contributed by atoms with Crippen LogP contribution < -0.4 is 0 Å². The summed E-state index contributed by atoms with van der Waals surface area (Å²) in [4.78, 5) is 26.7. The topological polar surface area (TPSA) is 76.0 Å². The van der Waals surface area contributed by atoms with Crippen molar-refractivity contribution in [3.8, 4) is 11.3 Å². The molecule has 1 aliphatic heterocycles. The number of nitrogens with one attached hydrogen (secondary N) is 1. The average Bonchev–Trinajstić information content (AvgIpc) is 3.29. The molecule has 5 rings (SSSR count). The first kappa shape index (κ1) is 16.0. The normalized spacial score (nSPS) is 14.9. The Hall–Kier alpha value is -3.19. The molecule has 136 valence electrons. The minimum atomic E-state index is 0.0509. The first-order chi connectivity index (χ1) is 13.2. The molecule has 1 fully saturated rings. The maximum Gasteiger partial charge on any atom is 0.254 e. The van der Waals surface area contributed by atoms with E-state index in [9.17, 15) is 4.79 Å². The van der Waals surface area contributed by atoms with E-state index in [0.29, 0.717) is 31.9 Å². The zero-order valence-corrected chi connectivity index (χ0v) is 15.0. The molecule has 0 radical (unpaired) electrons. The Bertz CT molecular complexity index is 1120. The van der Waals surface area contributed by atoms with E-state index < -0.39 is 0 Å². The van der Waals surface area contributed by atoms with Crippen molar-refractivity contribution in [1.29, 1.82) is 0 Å². The van der Waals surface area contributed by atoms with Crippen LogP contribution in [-0.2, 0) is 11.8 Å². The Kier molecular flexibility index (Phi) is 3.68. The van der Waals surface area contributed by atoms with Crippen LogP contribution in [0.3, 0.4) is 0 Å². The number of benzene rings is 1. The maximum absolute atomic E-state index is 12.9. The van der Waals surface area contributed by atoms with Crippen molar-refractivity contribution in [2.75, 3.05) is 26.3 Å². The van der Waals surface area contributed by atoms with Gasteiger partial charge in [-0.25, -0.2) is 4.98 Å². The van der Waals surface area contributed by atoms with E-state index in [1.165, 1.54) is 0 Å². The van der Waals surface area contributed by atoms with Gasteiger partial charge in [-0.2, -0.15) is 0 Å². The predicted octanol–water partition coefficient (Wildman–Crippen LogP) is 2.59. The van der Waals surface area contributed by atoms with Crippen LogP contribution in [0.2, 0.25) is 0 Å². The number of ether oxygens (including phenoxy) is 1. The zero-order valence-electron chi connectivity index (χ0n) is 15.0. The first-order valence-electron chi connectivity index (χ1n) is 8.97. The Morgan fingerprint density at radius 3 is 2.78 bits per heavy atom. The van der Waals surface area contributed by atoms with Crippen molar-refractivity contribution in [2.45, 2.75) is 0 Å². The fourth-order valence-electron chi connectivity index (χ4n) is 3.68. The van der Waals surface area contributed by atoms with E-state index in [4.69, 9.17) is 4.74 Å². The molecule has 1 aliphatic rings. The molecule has 0 spiro atoms. The van der Waals surface area contributed by atoms with E-state index >= 15 is 0 Å². The van der Waals surface area contributed by atoms with Crippen LogP contribution in [0.15, 0.2) is 42.9 Å². The molecule has 0 aliphatic carbocycles. The number of hydrogen-bond acceptors (Lipinski definition) is 4. The van der Waals surface area contributed by atoms with Crippen LogP contribution in [0, 0.1) is 0 Å². The number of morpholine rings is 1. The standard InChI is InChI=1S/C20H19N5O2/c1-24-12-15(16-11-17-19(23-16)22-5-4-21-17)14-10-13(2-3-18(14)24)20(26)25-6-8-27-9-7-25/h2-5,10-12H,6-9H2,1H3,(H,22,23). The zero-order chi connectivity index (χ0) is 18.4. The first-order valence-corrected chi connectivity index (χ1v) is 8.97. The molecule has 4 aromatic rings. The van der Waals surface area contributed by atoms with Crippen LogP contribution in [-0.4, -0.2) is 56.6 Å². The van der Waals surface area contributed by atoms with Crippen LogP contribution >= 0.6 is 0 Å². The number of hydrogen-bond donors (Lipinski definition) is 1. The fraction of sp³-hybridized carbons (Fsp3) is 0.250. The lowest BCUT2D eigenvalue weighted by Gasteiger charge is -2.26. The molecule has 7 heteroatoms. The van der Waals surface area contributed by atoms with E-state index in [-0.39, 0.29) is 5.91 Å². The molecule has 0 atom stereocenters. The lowest BCUT2D eigenvalue weighted by molar-refractivity contribution is 0.0303. The quantitative estimate of drug-likeness (QED) is 0.595. The molecule has 1 amide bonds. The second-order valence-electron chi connectivity index (χ2n) is 6.76. The van der Waals surface area contributed by atoms with Gasteiger partial charge < -0.3 is 19.2 Å². The summed E-state index contributed by atoms with van der Waals surface area (Å²) >= 11 is 0. The molecule has 0 saturated carbocycles. The number of amides is 1. The summed E-state index contributed by atoms with van der Waals surface area (Å²) in [7, 11) is 2.01. The minimum Gasteiger partial charge on any atom is -0.378 e. The molecule has 3 aromatic heterocycles. The molecule has 1 saturated heterocycles. The van der Waals surface area contributed by atoms with Crippen molar-refractivity contribution < 1.29 is 9.53 Å². The third kappa shape index (κ3) is 2.67. The monoisotopic (exact) mass is 361 g/mol. The summed E-state index contributed by atoms with van der Waals surface area (Å²) in [6, 6.07) is 7.88. The van der Waals surface area contributed by atoms with Gasteiger partial charge in [0.2, 0.25) is 0 Å². The second-order valence-corrected chi connectivity index (χ2v) is 6.76. The van der Waals surface area contributed by atoms with Crippen LogP contribution in [0.25, 0.3) is 33.3 Å². The number of aromatic nitrogens is 4. The molecule has 0 bridgehead atoms. The highest BCUT2D eigenvalue weighted by Crippen LogP contribution is 2.32. The smallest absolute Gasteiger partial charge is 0.254 e. The van der Waals surface area contributed by atoms with Crippen LogP contribution in [0.5, 0.6) is 0 Å². The highest BCUT2D eigenvalue weighted by molar-refractivity contribution is 6.03. The number of aromatic amines is 1. The third-order valence-electron chi connectivity index (χ3n) is 5.09. The molecule has 4 heterocycles. The van der Waals surface area contributed by atoms with Crippen molar-refractivity contribution >= 4 is 28.0 Å². The Balaban J connectivity index is 1.61. The summed E-state index contributed by atoms with van der Waals surface area (Å²) in [5, 5.41) is 1.03. The van der Waals surface area contributed by atoms with Gasteiger partial charge >= 0.3 is 0 Å². The Morgan fingerprint density at radius 2 is 1.96 bits per heavy atom. The van der Waals surface area contributed by atoms with Gasteiger partial charge in [-0.1, -0.05) is 0 Å². The number of fused-ring (bicyclic) bond motifs is 2. The van der Waals surface area contributed by atoms with Gasteiger partial charge in [-0.3, -0.25) is 9.78 Å². The lowest BCUT2D eigenvalue weighted by Crippen LogP contribution is -2.40. The Labute approximate surface area is 155 Å². The summed E-state index contributed by atoms with van der Waals surface area (Å²) in [6.07, 6.45) is 5.42. The van der Waals surface area contributed by atoms with E-state index in [1.807, 2.05) is 36.2 Å².